The summed E-state index contributed by atoms with van der Waals surface area (Å²) < 4.78 is 4.52. The minimum absolute atomic E-state index is 0.0256. The van der Waals surface area contributed by atoms with Gasteiger partial charge in [-0.2, -0.15) is 5.26 Å². The average Bonchev–Trinajstić information content (AvgIpc) is 3.24. The zero-order chi connectivity index (χ0) is 14.8. The molecule has 0 radical (unpaired) electrons. The van der Waals surface area contributed by atoms with E-state index in [1.165, 1.54) is 19.2 Å². The van der Waals surface area contributed by atoms with Crippen LogP contribution in [0.25, 0.3) is 0 Å². The van der Waals surface area contributed by atoms with Crippen LogP contribution in [0, 0.1) is 26.9 Å². The number of methoxy groups -OCH3 is 1. The summed E-state index contributed by atoms with van der Waals surface area (Å²) in [6.07, 6.45) is 1.50. The topological polar surface area (TPSA) is 118 Å². The molecule has 0 amide bonds. The van der Waals surface area contributed by atoms with E-state index >= 15 is 0 Å². The molecule has 1 N–H and O–H groups in total. The lowest BCUT2D eigenvalue weighted by Gasteiger charge is -2.09. The van der Waals surface area contributed by atoms with Gasteiger partial charge in [0.15, 0.2) is 5.69 Å². The van der Waals surface area contributed by atoms with Crippen LogP contribution in [0.3, 0.4) is 0 Å². The Morgan fingerprint density at radius 2 is 2.35 bits per heavy atom. The summed E-state index contributed by atoms with van der Waals surface area (Å²) in [5.74, 6) is -0.705. The summed E-state index contributed by atoms with van der Waals surface area (Å²) in [5, 5.41) is 22.7. The van der Waals surface area contributed by atoms with Gasteiger partial charge in [-0.3, -0.25) is 10.1 Å². The van der Waals surface area contributed by atoms with Crippen molar-refractivity contribution in [3.8, 4) is 6.07 Å². The largest absolute Gasteiger partial charge is 0.464 e. The molecule has 20 heavy (non-hydrogen) atoms. The van der Waals surface area contributed by atoms with E-state index in [0.717, 1.165) is 12.8 Å². The van der Waals surface area contributed by atoms with E-state index in [4.69, 9.17) is 5.26 Å². The maximum Gasteiger partial charge on any atom is 0.356 e. The Bertz CT molecular complexity index is 604. The number of nitrogens with zero attached hydrogens (tertiary/aromatic N) is 3. The van der Waals surface area contributed by atoms with Gasteiger partial charge in [-0.1, -0.05) is 0 Å². The van der Waals surface area contributed by atoms with Crippen molar-refractivity contribution >= 4 is 17.5 Å². The Balaban J connectivity index is 2.25. The summed E-state index contributed by atoms with van der Waals surface area (Å²) in [4.78, 5) is 25.6. The number of ether oxygens (including phenoxy) is 1. The second-order valence-corrected chi connectivity index (χ2v) is 4.56. The molecule has 0 aliphatic heterocycles. The van der Waals surface area contributed by atoms with Crippen LogP contribution < -0.4 is 5.32 Å². The monoisotopic (exact) mass is 276 g/mol. The highest BCUT2D eigenvalue weighted by Gasteiger charge is 2.43. The number of nitrogens with one attached hydrogen (secondary N) is 1. The maximum absolute atomic E-state index is 11.4. The third-order valence-corrected chi connectivity index (χ3v) is 3.15. The lowest BCUT2D eigenvalue weighted by molar-refractivity contribution is -0.384. The van der Waals surface area contributed by atoms with Crippen molar-refractivity contribution < 1.29 is 14.5 Å². The van der Waals surface area contributed by atoms with E-state index in [1.54, 1.807) is 0 Å². The molecule has 1 aliphatic rings. The van der Waals surface area contributed by atoms with E-state index < -0.39 is 16.3 Å². The first-order valence-electron chi connectivity index (χ1n) is 5.90. The quantitative estimate of drug-likeness (QED) is 0.491. The van der Waals surface area contributed by atoms with Crippen LogP contribution in [-0.2, 0) is 4.74 Å². The van der Waals surface area contributed by atoms with Crippen LogP contribution >= 0.6 is 0 Å². The molecule has 1 saturated carbocycles. The van der Waals surface area contributed by atoms with Crippen molar-refractivity contribution in [1.82, 2.24) is 4.98 Å². The molecule has 0 bridgehead atoms. The molecule has 0 aromatic carbocycles. The summed E-state index contributed by atoms with van der Waals surface area (Å²) >= 11 is 0. The number of hydrogen-bond donors (Lipinski definition) is 1. The van der Waals surface area contributed by atoms with Crippen molar-refractivity contribution in [3.63, 3.8) is 0 Å². The summed E-state index contributed by atoms with van der Waals surface area (Å²) in [6.45, 7) is 0.266. The minimum Gasteiger partial charge on any atom is -0.464 e. The third-order valence-electron chi connectivity index (χ3n) is 3.15. The second-order valence-electron chi connectivity index (χ2n) is 4.56. The van der Waals surface area contributed by atoms with Gasteiger partial charge in [0.25, 0.3) is 0 Å². The van der Waals surface area contributed by atoms with Gasteiger partial charge < -0.3 is 10.1 Å². The summed E-state index contributed by atoms with van der Waals surface area (Å²) in [7, 11) is 1.20. The fourth-order valence-electron chi connectivity index (χ4n) is 1.68. The fourth-order valence-corrected chi connectivity index (χ4v) is 1.68. The molecular formula is C12H12N4O4. The Labute approximate surface area is 114 Å². The lowest BCUT2D eigenvalue weighted by Crippen LogP contribution is -2.16. The number of nitro groups is 1. The molecule has 0 saturated heterocycles. The normalized spacial score (nSPS) is 15.0. The summed E-state index contributed by atoms with van der Waals surface area (Å²) in [6, 6.07) is 4.58. The van der Waals surface area contributed by atoms with Crippen molar-refractivity contribution in [2.24, 2.45) is 5.41 Å². The number of pyridine rings is 1. The van der Waals surface area contributed by atoms with Gasteiger partial charge in [0.05, 0.1) is 23.5 Å². The molecule has 1 aromatic rings. The van der Waals surface area contributed by atoms with Gasteiger partial charge in [-0.15, -0.1) is 0 Å². The highest BCUT2D eigenvalue weighted by molar-refractivity contribution is 5.88. The highest BCUT2D eigenvalue weighted by atomic mass is 16.6. The Hall–Kier alpha value is -2.69. The van der Waals surface area contributed by atoms with Crippen LogP contribution in [0.1, 0.15) is 23.3 Å². The molecule has 1 fully saturated rings. The Kier molecular flexibility index (Phi) is 3.52. The molecule has 104 valence electrons. The van der Waals surface area contributed by atoms with Crippen molar-refractivity contribution in [2.75, 3.05) is 19.0 Å². The number of anilines is 1. The molecule has 1 heterocycles. The maximum atomic E-state index is 11.4. The van der Waals surface area contributed by atoms with E-state index in [1.807, 2.05) is 0 Å². The predicted octanol–water partition coefficient (Wildman–Crippen LogP) is 1.49. The van der Waals surface area contributed by atoms with Gasteiger partial charge in [0, 0.05) is 12.6 Å². The van der Waals surface area contributed by atoms with Gasteiger partial charge in [-0.05, 0) is 18.9 Å². The molecule has 0 spiro atoms. The van der Waals surface area contributed by atoms with Crippen LogP contribution in [0.2, 0.25) is 0 Å². The molecule has 0 atom stereocenters. The number of esters is 1. The van der Waals surface area contributed by atoms with Gasteiger partial charge in [0.1, 0.15) is 0 Å². The number of carbonyl (C=O) groups is 1. The Morgan fingerprint density at radius 3 is 2.85 bits per heavy atom. The molecular weight excluding hydrogens is 264 g/mol. The highest BCUT2D eigenvalue weighted by Crippen LogP contribution is 2.45. The van der Waals surface area contributed by atoms with Crippen LogP contribution in [-0.4, -0.2) is 29.5 Å². The SMILES string of the molecule is COC(=O)c1ccc([N+](=O)[O-])c(NCC2(C#N)CC2)n1. The molecule has 8 nitrogen and oxygen atoms in total. The van der Waals surface area contributed by atoms with E-state index in [-0.39, 0.29) is 23.7 Å². The first-order valence-corrected chi connectivity index (χ1v) is 5.90. The first-order chi connectivity index (χ1) is 9.51. The second kappa shape index (κ2) is 5.13. The standard InChI is InChI=1S/C12H12N4O4/c1-20-11(17)8-2-3-9(16(18)19)10(15-8)14-7-12(6-13)4-5-12/h2-3H,4-5,7H2,1H3,(H,14,15). The third kappa shape index (κ3) is 2.66. The predicted molar refractivity (Wildman–Crippen MR) is 68.0 cm³/mol. The van der Waals surface area contributed by atoms with Crippen molar-refractivity contribution in [3.05, 3.63) is 27.9 Å². The Morgan fingerprint density at radius 1 is 1.65 bits per heavy atom. The summed E-state index contributed by atoms with van der Waals surface area (Å²) in [5.41, 5.74) is -0.745. The zero-order valence-corrected chi connectivity index (χ0v) is 10.8. The number of nitriles is 1. The fraction of sp³-hybridized carbons (Fsp3) is 0.417. The van der Waals surface area contributed by atoms with Crippen LogP contribution in [0.15, 0.2) is 12.1 Å². The molecule has 2 rings (SSSR count). The number of carbonyl (C=O) groups excluding carboxylic acids is 1. The number of aromatic nitrogens is 1. The number of hydrogen-bond acceptors (Lipinski definition) is 7. The van der Waals surface area contributed by atoms with Crippen LogP contribution in [0.5, 0.6) is 0 Å². The zero-order valence-electron chi connectivity index (χ0n) is 10.8. The van der Waals surface area contributed by atoms with E-state index in [2.05, 4.69) is 21.1 Å². The number of rotatable bonds is 5. The van der Waals surface area contributed by atoms with Crippen molar-refractivity contribution in [1.29, 1.82) is 5.26 Å². The van der Waals surface area contributed by atoms with Gasteiger partial charge in [0.2, 0.25) is 5.82 Å². The van der Waals surface area contributed by atoms with E-state index in [0.29, 0.717) is 0 Å². The van der Waals surface area contributed by atoms with E-state index in [9.17, 15) is 14.9 Å². The minimum atomic E-state index is -0.677. The molecule has 1 aliphatic carbocycles. The smallest absolute Gasteiger partial charge is 0.356 e. The van der Waals surface area contributed by atoms with Gasteiger partial charge in [-0.25, -0.2) is 9.78 Å². The first kappa shape index (κ1) is 13.7. The molecule has 8 heteroatoms. The van der Waals surface area contributed by atoms with Crippen LogP contribution in [0.4, 0.5) is 11.5 Å². The van der Waals surface area contributed by atoms with Crippen molar-refractivity contribution in [2.45, 2.75) is 12.8 Å². The average molecular weight is 276 g/mol. The molecule has 0 unspecified atom stereocenters. The molecule has 1 aromatic heterocycles. The van der Waals surface area contributed by atoms with Gasteiger partial charge >= 0.3 is 11.7 Å². The lowest BCUT2D eigenvalue weighted by atomic mass is 10.1.